The second kappa shape index (κ2) is 10.4. The predicted molar refractivity (Wildman–Crippen MR) is 140 cm³/mol. The van der Waals surface area contributed by atoms with Crippen molar-refractivity contribution >= 4 is 37.2 Å². The molecule has 0 aromatic heterocycles. The van der Waals surface area contributed by atoms with Crippen LogP contribution in [0.3, 0.4) is 0 Å². The number of hydrogen-bond acceptors (Lipinski definition) is 7. The van der Waals surface area contributed by atoms with Crippen LogP contribution in [0.15, 0.2) is 74.5 Å². The Morgan fingerprint density at radius 3 is 2.17 bits per heavy atom. The van der Waals surface area contributed by atoms with Gasteiger partial charge in [0.1, 0.15) is 10.6 Å². The van der Waals surface area contributed by atoms with Crippen molar-refractivity contribution in [3.05, 3.63) is 76.4 Å². The van der Waals surface area contributed by atoms with Crippen LogP contribution in [0.5, 0.6) is 5.75 Å². The summed E-state index contributed by atoms with van der Waals surface area (Å²) in [7, 11) is -10.3. The molecule has 2 aromatic rings. The summed E-state index contributed by atoms with van der Waals surface area (Å²) in [5.74, 6) is -1.02. The van der Waals surface area contributed by atoms with E-state index in [4.69, 9.17) is 0 Å². The Morgan fingerprint density at radius 2 is 1.64 bits per heavy atom. The molecule has 0 unspecified atom stereocenters. The number of aromatic hydroxyl groups is 1. The molecule has 11 heteroatoms. The van der Waals surface area contributed by atoms with E-state index in [1.54, 1.807) is 12.1 Å². The lowest BCUT2D eigenvalue weighted by Crippen LogP contribution is -2.10. The Bertz CT molecular complexity index is 1550. The molecule has 1 aliphatic rings. The fourth-order valence-electron chi connectivity index (χ4n) is 4.05. The average molecular weight is 533 g/mol. The van der Waals surface area contributed by atoms with Crippen molar-refractivity contribution in [3.8, 4) is 5.75 Å². The highest BCUT2D eigenvalue weighted by Crippen LogP contribution is 2.38. The van der Waals surface area contributed by atoms with E-state index < -0.39 is 35.8 Å². The molecular formula is C25H28N2O7S2. The summed E-state index contributed by atoms with van der Waals surface area (Å²) >= 11 is 0. The predicted octanol–water partition coefficient (Wildman–Crippen LogP) is 4.40. The first-order valence-electron chi connectivity index (χ1n) is 11.1. The summed E-state index contributed by atoms with van der Waals surface area (Å²) in [5, 5.41) is 13.7. The summed E-state index contributed by atoms with van der Waals surface area (Å²) < 4.78 is 67.1. The lowest BCUT2D eigenvalue weighted by molar-refractivity contribution is 0.430. The molecule has 0 amide bonds. The first kappa shape index (κ1) is 27.3. The molecule has 0 saturated carbocycles. The normalized spacial score (nSPS) is 16.7. The molecule has 0 spiro atoms. The van der Waals surface area contributed by atoms with Gasteiger partial charge in [0.2, 0.25) is 0 Å². The largest absolute Gasteiger partial charge is 0.506 e. The second-order valence-electron chi connectivity index (χ2n) is 8.18. The lowest BCUT2D eigenvalue weighted by atomic mass is 9.88. The molecule has 0 atom stereocenters. The number of anilines is 1. The van der Waals surface area contributed by atoms with Gasteiger partial charge in [0, 0.05) is 18.8 Å². The van der Waals surface area contributed by atoms with Gasteiger partial charge in [0.15, 0.2) is 4.90 Å². The third kappa shape index (κ3) is 5.76. The molecule has 2 aromatic carbocycles. The second-order valence-corrected chi connectivity index (χ2v) is 10.9. The van der Waals surface area contributed by atoms with Crippen molar-refractivity contribution in [2.24, 2.45) is 4.99 Å². The molecule has 1 aliphatic carbocycles. The number of nitrogens with zero attached hydrogens (tertiary/aromatic N) is 1. The minimum Gasteiger partial charge on any atom is -0.506 e. The molecule has 4 N–H and O–H groups in total. The van der Waals surface area contributed by atoms with Gasteiger partial charge < -0.3 is 10.4 Å². The number of hydrogen-bond donors (Lipinski definition) is 4. The van der Waals surface area contributed by atoms with Gasteiger partial charge in [-0.2, -0.15) is 16.8 Å². The first-order valence-corrected chi connectivity index (χ1v) is 14.0. The van der Waals surface area contributed by atoms with Crippen molar-refractivity contribution in [1.29, 1.82) is 0 Å². The van der Waals surface area contributed by atoms with Crippen LogP contribution in [0.25, 0.3) is 5.57 Å². The van der Waals surface area contributed by atoms with Crippen LogP contribution in [0.4, 0.5) is 5.69 Å². The highest BCUT2D eigenvalue weighted by molar-refractivity contribution is 7.89. The fraction of sp³-hybridized carbons (Fsp3) is 0.240. The summed E-state index contributed by atoms with van der Waals surface area (Å²) in [4.78, 5) is 2.01. The number of aryl methyl sites for hydroxylation is 1. The van der Waals surface area contributed by atoms with Crippen LogP contribution in [0, 0.1) is 6.92 Å². The Hall–Kier alpha value is -3.25. The Kier molecular flexibility index (Phi) is 7.89. The molecular weight excluding hydrogens is 504 g/mol. The standard InChI is InChI=1S/C25H28N2O7S2/c1-5-26-20-9-7-17(11-15(20)3)24(18-8-10-21(27-6-2)16(4)12-18)19-13-22(28)25(36(32,33)34)23(14-19)35(29,30)31/h7-14,26,28H,5-6H2,1-4H3,(H,29,30,31)(H,32,33,34). The molecule has 0 bridgehead atoms. The topological polar surface area (TPSA) is 153 Å². The van der Waals surface area contributed by atoms with Crippen LogP contribution < -0.4 is 5.32 Å². The van der Waals surface area contributed by atoms with E-state index in [2.05, 4.69) is 10.3 Å². The van der Waals surface area contributed by atoms with Gasteiger partial charge in [-0.1, -0.05) is 12.1 Å². The van der Waals surface area contributed by atoms with E-state index >= 15 is 0 Å². The average Bonchev–Trinajstić information content (AvgIpc) is 2.76. The van der Waals surface area contributed by atoms with Crippen LogP contribution >= 0.6 is 0 Å². The van der Waals surface area contributed by atoms with Crippen molar-refractivity contribution in [2.45, 2.75) is 37.5 Å². The van der Waals surface area contributed by atoms with Crippen molar-refractivity contribution in [3.63, 3.8) is 0 Å². The van der Waals surface area contributed by atoms with Crippen LogP contribution in [0.2, 0.25) is 0 Å². The van der Waals surface area contributed by atoms with Gasteiger partial charge in [-0.3, -0.25) is 14.1 Å². The summed E-state index contributed by atoms with van der Waals surface area (Å²) in [6.45, 7) is 8.95. The van der Waals surface area contributed by atoms with E-state index in [1.807, 2.05) is 52.0 Å². The molecule has 0 aliphatic heterocycles. The molecule has 0 radical (unpaired) electrons. The highest BCUT2D eigenvalue weighted by atomic mass is 32.2. The van der Waals surface area contributed by atoms with Crippen LogP contribution in [-0.4, -0.2) is 49.8 Å². The minimum atomic E-state index is -5.18. The zero-order valence-corrected chi connectivity index (χ0v) is 21.9. The third-order valence-electron chi connectivity index (χ3n) is 5.56. The highest BCUT2D eigenvalue weighted by Gasteiger charge is 2.30. The fourth-order valence-corrected chi connectivity index (χ4v) is 5.93. The number of nitrogens with one attached hydrogen (secondary N) is 1. The van der Waals surface area contributed by atoms with Gasteiger partial charge in [-0.05, 0) is 97.5 Å². The van der Waals surface area contributed by atoms with Crippen LogP contribution in [0.1, 0.15) is 37.5 Å². The van der Waals surface area contributed by atoms with E-state index in [1.165, 1.54) is 0 Å². The minimum absolute atomic E-state index is 0.114. The number of aliphatic imine (C=N–C) groups is 1. The first-order chi connectivity index (χ1) is 16.8. The number of phenolic OH excluding ortho intramolecular Hbond substituents is 1. The van der Waals surface area contributed by atoms with Gasteiger partial charge in [-0.25, -0.2) is 0 Å². The Labute approximate surface area is 211 Å². The molecule has 9 nitrogen and oxygen atoms in total. The van der Waals surface area contributed by atoms with Crippen molar-refractivity contribution in [2.75, 3.05) is 18.4 Å². The molecule has 192 valence electrons. The van der Waals surface area contributed by atoms with Gasteiger partial charge in [0.25, 0.3) is 20.2 Å². The number of benzene rings is 2. The smallest absolute Gasteiger partial charge is 0.299 e. The van der Waals surface area contributed by atoms with E-state index in [9.17, 15) is 31.0 Å². The number of rotatable bonds is 7. The SMILES string of the molecule is CCN=C1C=CC(=C(c2ccc(NCC)c(C)c2)c2cc(O)c(S(=O)(=O)O)c(S(=O)(=O)O)c2)C=C1C. The zero-order valence-electron chi connectivity index (χ0n) is 20.3. The third-order valence-corrected chi connectivity index (χ3v) is 7.51. The summed E-state index contributed by atoms with van der Waals surface area (Å²) in [6.07, 6.45) is 5.44. The van der Waals surface area contributed by atoms with E-state index in [-0.39, 0.29) is 5.56 Å². The maximum atomic E-state index is 12.1. The molecule has 3 rings (SSSR count). The van der Waals surface area contributed by atoms with E-state index in [0.717, 1.165) is 34.7 Å². The maximum absolute atomic E-state index is 12.1. The monoisotopic (exact) mass is 532 g/mol. The lowest BCUT2D eigenvalue weighted by Gasteiger charge is -2.19. The Balaban J connectivity index is 2.42. The van der Waals surface area contributed by atoms with Crippen molar-refractivity contribution < 1.29 is 31.0 Å². The molecule has 0 fully saturated rings. The van der Waals surface area contributed by atoms with E-state index in [0.29, 0.717) is 29.8 Å². The Morgan fingerprint density at radius 1 is 0.944 bits per heavy atom. The quantitative estimate of drug-likeness (QED) is 0.383. The van der Waals surface area contributed by atoms with Gasteiger partial charge >= 0.3 is 0 Å². The van der Waals surface area contributed by atoms with Crippen molar-refractivity contribution in [1.82, 2.24) is 0 Å². The molecule has 36 heavy (non-hydrogen) atoms. The van der Waals surface area contributed by atoms with Crippen LogP contribution in [-0.2, 0) is 20.2 Å². The zero-order chi connectivity index (χ0) is 26.8. The molecule has 0 saturated heterocycles. The maximum Gasteiger partial charge on any atom is 0.299 e. The van der Waals surface area contributed by atoms with Gasteiger partial charge in [-0.15, -0.1) is 0 Å². The number of allylic oxidation sites excluding steroid dienone is 5. The summed E-state index contributed by atoms with van der Waals surface area (Å²) in [6, 6.07) is 7.49. The number of phenols is 1. The molecule has 0 heterocycles. The van der Waals surface area contributed by atoms with Gasteiger partial charge in [0.05, 0.1) is 5.71 Å². The summed E-state index contributed by atoms with van der Waals surface area (Å²) in [5.41, 5.74) is 5.29.